The molecule has 9 heteroatoms. The quantitative estimate of drug-likeness (QED) is 0.462. The summed E-state index contributed by atoms with van der Waals surface area (Å²) >= 11 is 1.64. The van der Waals surface area contributed by atoms with Crippen LogP contribution >= 0.6 is 11.3 Å². The minimum Gasteiger partial charge on any atom is -0.350 e. The van der Waals surface area contributed by atoms with Crippen LogP contribution in [0.4, 0.5) is 17.1 Å². The van der Waals surface area contributed by atoms with Gasteiger partial charge in [-0.1, -0.05) is 18.2 Å². The van der Waals surface area contributed by atoms with Crippen molar-refractivity contribution in [3.8, 4) is 0 Å². The maximum atomic E-state index is 13.0. The highest BCUT2D eigenvalue weighted by Gasteiger charge is 2.25. The normalized spacial score (nSPS) is 14.4. The Morgan fingerprint density at radius 3 is 2.55 bits per heavy atom. The van der Waals surface area contributed by atoms with Gasteiger partial charge in [-0.15, -0.1) is 11.3 Å². The van der Waals surface area contributed by atoms with Crippen LogP contribution < -0.4 is 5.32 Å². The summed E-state index contributed by atoms with van der Waals surface area (Å²) in [7, 11) is 0. The number of nitrogens with one attached hydrogen (secondary N) is 1. The van der Waals surface area contributed by atoms with E-state index in [-0.39, 0.29) is 11.6 Å². The molecule has 1 saturated heterocycles. The second kappa shape index (κ2) is 9.23. The Morgan fingerprint density at radius 2 is 1.90 bits per heavy atom. The number of amides is 1. The third-order valence-electron chi connectivity index (χ3n) is 5.21. The average Bonchev–Trinajstić information content (AvgIpc) is 3.19. The van der Waals surface area contributed by atoms with E-state index in [1.807, 2.05) is 37.3 Å². The van der Waals surface area contributed by atoms with Crippen molar-refractivity contribution in [1.29, 1.82) is 0 Å². The minimum atomic E-state index is -0.462. The lowest BCUT2D eigenvalue weighted by molar-refractivity contribution is -0.383. The van der Waals surface area contributed by atoms with Gasteiger partial charge in [0.15, 0.2) is 0 Å². The van der Waals surface area contributed by atoms with Gasteiger partial charge in [-0.05, 0) is 31.2 Å². The van der Waals surface area contributed by atoms with Crippen molar-refractivity contribution >= 4 is 34.3 Å². The van der Waals surface area contributed by atoms with Crippen molar-refractivity contribution < 1.29 is 9.72 Å². The summed E-state index contributed by atoms with van der Waals surface area (Å²) in [4.78, 5) is 32.6. The lowest BCUT2D eigenvalue weighted by Gasteiger charge is -2.34. The van der Waals surface area contributed by atoms with Gasteiger partial charge in [-0.2, -0.15) is 0 Å². The average molecular weight is 438 g/mol. The number of nitrogens with zero attached hydrogens (tertiary/aromatic N) is 4. The molecule has 3 aromatic rings. The summed E-state index contributed by atoms with van der Waals surface area (Å²) in [5, 5.41) is 17.8. The summed E-state index contributed by atoms with van der Waals surface area (Å²) in [5.41, 5.74) is 2.37. The van der Waals surface area contributed by atoms with Crippen molar-refractivity contribution in [2.45, 2.75) is 13.5 Å². The number of rotatable bonds is 6. The number of benzene rings is 2. The highest BCUT2D eigenvalue weighted by Crippen LogP contribution is 2.29. The van der Waals surface area contributed by atoms with E-state index in [0.717, 1.165) is 36.0 Å². The van der Waals surface area contributed by atoms with E-state index < -0.39 is 4.92 Å². The first-order valence-electron chi connectivity index (χ1n) is 10.0. The summed E-state index contributed by atoms with van der Waals surface area (Å²) in [6, 6.07) is 13.8. The monoisotopic (exact) mass is 437 g/mol. The maximum absolute atomic E-state index is 13.0. The van der Waals surface area contributed by atoms with Crippen LogP contribution in [0.25, 0.3) is 0 Å². The number of para-hydroxylation sites is 1. The topological polar surface area (TPSA) is 91.6 Å². The standard InChI is InChI=1S/C22H23N5O3S/c1-16-23-19(15-31-16)14-25-9-11-26(12-10-25)22(28)17-7-8-20(21(13-17)27(29)30)24-18-5-3-2-4-6-18/h2-8,13,15,24H,9-12,14H2,1H3. The molecule has 31 heavy (non-hydrogen) atoms. The number of piperazine rings is 1. The highest BCUT2D eigenvalue weighted by molar-refractivity contribution is 7.09. The van der Waals surface area contributed by atoms with Gasteiger partial charge in [0, 0.05) is 55.4 Å². The van der Waals surface area contributed by atoms with Crippen molar-refractivity contribution in [3.05, 3.63) is 80.3 Å². The predicted octanol–water partition coefficient (Wildman–Crippen LogP) is 4.06. The van der Waals surface area contributed by atoms with Crippen LogP contribution in [-0.4, -0.2) is 51.8 Å². The number of thiazole rings is 1. The van der Waals surface area contributed by atoms with Crippen molar-refractivity contribution in [2.75, 3.05) is 31.5 Å². The molecule has 160 valence electrons. The van der Waals surface area contributed by atoms with Gasteiger partial charge in [0.25, 0.3) is 11.6 Å². The minimum absolute atomic E-state index is 0.118. The Hall–Kier alpha value is -3.30. The second-order valence-electron chi connectivity index (χ2n) is 7.41. The highest BCUT2D eigenvalue weighted by atomic mass is 32.1. The molecule has 1 aliphatic rings. The van der Waals surface area contributed by atoms with E-state index >= 15 is 0 Å². The molecule has 8 nitrogen and oxygen atoms in total. The van der Waals surface area contributed by atoms with E-state index in [1.54, 1.807) is 28.4 Å². The van der Waals surface area contributed by atoms with E-state index in [1.165, 1.54) is 6.07 Å². The molecule has 1 aliphatic heterocycles. The SMILES string of the molecule is Cc1nc(CN2CCN(C(=O)c3ccc(Nc4ccccc4)c([N+](=O)[O-])c3)CC2)cs1. The fourth-order valence-corrected chi connectivity index (χ4v) is 4.20. The molecule has 0 unspecified atom stereocenters. The molecular weight excluding hydrogens is 414 g/mol. The van der Waals surface area contributed by atoms with E-state index in [9.17, 15) is 14.9 Å². The summed E-state index contributed by atoms with van der Waals surface area (Å²) in [6.45, 7) is 5.43. The number of carbonyl (C=O) groups is 1. The van der Waals surface area contributed by atoms with Gasteiger partial charge in [-0.3, -0.25) is 19.8 Å². The molecule has 0 radical (unpaired) electrons. The van der Waals surface area contributed by atoms with Crippen LogP contribution in [0.3, 0.4) is 0 Å². The Kier molecular flexibility index (Phi) is 6.24. The van der Waals surface area contributed by atoms with Crippen LogP contribution in [0.5, 0.6) is 0 Å². The third-order valence-corrected chi connectivity index (χ3v) is 6.03. The fraction of sp³-hybridized carbons (Fsp3) is 0.273. The second-order valence-corrected chi connectivity index (χ2v) is 8.47. The van der Waals surface area contributed by atoms with Gasteiger partial charge in [0.05, 0.1) is 15.6 Å². The van der Waals surface area contributed by atoms with Crippen molar-refractivity contribution in [1.82, 2.24) is 14.8 Å². The van der Waals surface area contributed by atoms with Gasteiger partial charge >= 0.3 is 0 Å². The summed E-state index contributed by atoms with van der Waals surface area (Å²) in [6.07, 6.45) is 0. The molecule has 0 saturated carbocycles. The van der Waals surface area contributed by atoms with Crippen LogP contribution in [0, 0.1) is 17.0 Å². The molecule has 1 fully saturated rings. The Morgan fingerprint density at radius 1 is 1.16 bits per heavy atom. The number of carbonyl (C=O) groups excluding carboxylic acids is 1. The number of nitro groups is 1. The maximum Gasteiger partial charge on any atom is 0.293 e. The smallest absolute Gasteiger partial charge is 0.293 e. The van der Waals surface area contributed by atoms with E-state index in [2.05, 4.69) is 20.6 Å². The first kappa shape index (κ1) is 21.0. The number of aryl methyl sites for hydroxylation is 1. The van der Waals surface area contributed by atoms with Crippen LogP contribution in [-0.2, 0) is 6.54 Å². The summed E-state index contributed by atoms with van der Waals surface area (Å²) in [5.74, 6) is -0.182. The number of nitro benzene ring substituents is 1. The largest absolute Gasteiger partial charge is 0.350 e. The van der Waals surface area contributed by atoms with E-state index in [0.29, 0.717) is 24.3 Å². The Bertz CT molecular complexity index is 1080. The first-order chi connectivity index (χ1) is 15.0. The number of hydrogen-bond donors (Lipinski definition) is 1. The summed E-state index contributed by atoms with van der Waals surface area (Å²) < 4.78 is 0. The zero-order valence-electron chi connectivity index (χ0n) is 17.2. The molecule has 4 rings (SSSR count). The lowest BCUT2D eigenvalue weighted by atomic mass is 10.1. The predicted molar refractivity (Wildman–Crippen MR) is 121 cm³/mol. The number of aromatic nitrogens is 1. The molecule has 2 aromatic carbocycles. The molecule has 0 aliphatic carbocycles. The Balaban J connectivity index is 1.42. The Labute approximate surface area is 184 Å². The van der Waals surface area contributed by atoms with Crippen molar-refractivity contribution in [2.24, 2.45) is 0 Å². The zero-order valence-corrected chi connectivity index (χ0v) is 18.0. The van der Waals surface area contributed by atoms with Gasteiger partial charge in [0.2, 0.25) is 0 Å². The molecule has 1 aromatic heterocycles. The van der Waals surface area contributed by atoms with E-state index in [4.69, 9.17) is 0 Å². The van der Waals surface area contributed by atoms with Gasteiger partial charge in [0.1, 0.15) is 5.69 Å². The fourth-order valence-electron chi connectivity index (χ4n) is 3.60. The third kappa shape index (κ3) is 5.07. The molecule has 0 spiro atoms. The molecular formula is C22H23N5O3S. The molecule has 1 amide bonds. The van der Waals surface area contributed by atoms with Gasteiger partial charge < -0.3 is 10.2 Å². The molecule has 1 N–H and O–H groups in total. The molecule has 0 bridgehead atoms. The molecule has 0 atom stereocenters. The van der Waals surface area contributed by atoms with Gasteiger partial charge in [-0.25, -0.2) is 4.98 Å². The van der Waals surface area contributed by atoms with Crippen molar-refractivity contribution in [3.63, 3.8) is 0 Å². The van der Waals surface area contributed by atoms with Crippen LogP contribution in [0.1, 0.15) is 21.1 Å². The number of anilines is 2. The zero-order chi connectivity index (χ0) is 21.8. The number of hydrogen-bond acceptors (Lipinski definition) is 7. The lowest BCUT2D eigenvalue weighted by Crippen LogP contribution is -2.48. The molecule has 2 heterocycles. The van der Waals surface area contributed by atoms with Crippen LogP contribution in [0.2, 0.25) is 0 Å². The van der Waals surface area contributed by atoms with Crippen LogP contribution in [0.15, 0.2) is 53.9 Å². The first-order valence-corrected chi connectivity index (χ1v) is 10.9.